The Balaban J connectivity index is 1.48. The third-order valence-electron chi connectivity index (χ3n) is 4.61. The van der Waals surface area contributed by atoms with Gasteiger partial charge in [0, 0.05) is 42.6 Å². The van der Waals surface area contributed by atoms with Crippen molar-refractivity contribution in [1.29, 1.82) is 0 Å². The van der Waals surface area contributed by atoms with Gasteiger partial charge in [-0.25, -0.2) is 0 Å². The van der Waals surface area contributed by atoms with Gasteiger partial charge in [-0.2, -0.15) is 0 Å². The molecular formula is C20H24ClN3O. The van der Waals surface area contributed by atoms with Crippen molar-refractivity contribution in [2.75, 3.05) is 42.9 Å². The van der Waals surface area contributed by atoms with E-state index in [1.165, 1.54) is 5.56 Å². The Hall–Kier alpha value is -2.20. The number of carbonyl (C=O) groups excluding carboxylic acids is 1. The summed E-state index contributed by atoms with van der Waals surface area (Å²) in [6, 6.07) is 16.1. The number of anilines is 2. The average molecular weight is 358 g/mol. The summed E-state index contributed by atoms with van der Waals surface area (Å²) in [6.07, 6.45) is 1.02. The number of carbonyl (C=O) groups is 1. The second-order valence-electron chi connectivity index (χ2n) is 6.25. The highest BCUT2D eigenvalue weighted by Gasteiger charge is 2.21. The monoisotopic (exact) mass is 357 g/mol. The van der Waals surface area contributed by atoms with Crippen molar-refractivity contribution in [3.8, 4) is 0 Å². The highest BCUT2D eigenvalue weighted by molar-refractivity contribution is 6.30. The minimum absolute atomic E-state index is 0.144. The lowest BCUT2D eigenvalue weighted by molar-refractivity contribution is -0.129. The van der Waals surface area contributed by atoms with Crippen LogP contribution in [-0.2, 0) is 11.2 Å². The summed E-state index contributed by atoms with van der Waals surface area (Å²) in [5, 5.41) is 3.97. The molecule has 2 aromatic carbocycles. The highest BCUT2D eigenvalue weighted by Crippen LogP contribution is 2.20. The Morgan fingerprint density at radius 3 is 2.44 bits per heavy atom. The highest BCUT2D eigenvalue weighted by atomic mass is 35.5. The van der Waals surface area contributed by atoms with Crippen LogP contribution in [0.25, 0.3) is 0 Å². The number of benzene rings is 2. The molecule has 0 aliphatic carbocycles. The Labute approximate surface area is 154 Å². The van der Waals surface area contributed by atoms with Crippen LogP contribution >= 0.6 is 11.6 Å². The summed E-state index contributed by atoms with van der Waals surface area (Å²) in [7, 11) is 0. The molecule has 1 heterocycles. The molecule has 0 spiro atoms. The number of halogens is 1. The summed E-state index contributed by atoms with van der Waals surface area (Å²) >= 11 is 6.06. The fourth-order valence-electron chi connectivity index (χ4n) is 3.03. The zero-order valence-corrected chi connectivity index (χ0v) is 15.3. The maximum atomic E-state index is 12.4. The first-order chi connectivity index (χ1) is 12.2. The van der Waals surface area contributed by atoms with Crippen LogP contribution in [0, 0.1) is 0 Å². The SMILES string of the molecule is CCc1ccc(NCC(=O)N2CCN(c3cccc(Cl)c3)CC2)cc1. The van der Waals surface area contributed by atoms with Gasteiger partial charge in [0.05, 0.1) is 6.54 Å². The first-order valence-corrected chi connectivity index (χ1v) is 9.14. The molecular weight excluding hydrogens is 334 g/mol. The molecule has 1 amide bonds. The number of hydrogen-bond acceptors (Lipinski definition) is 3. The third kappa shape index (κ3) is 4.67. The zero-order chi connectivity index (χ0) is 17.6. The van der Waals surface area contributed by atoms with Crippen LogP contribution in [0.5, 0.6) is 0 Å². The second kappa shape index (κ2) is 8.26. The fourth-order valence-corrected chi connectivity index (χ4v) is 3.22. The number of rotatable bonds is 5. The number of nitrogens with one attached hydrogen (secondary N) is 1. The molecule has 5 heteroatoms. The van der Waals surface area contributed by atoms with Crippen molar-refractivity contribution < 1.29 is 4.79 Å². The summed E-state index contributed by atoms with van der Waals surface area (Å²) < 4.78 is 0. The fraction of sp³-hybridized carbons (Fsp3) is 0.350. The molecule has 0 aromatic heterocycles. The molecule has 1 N–H and O–H groups in total. The summed E-state index contributed by atoms with van der Waals surface area (Å²) in [6.45, 7) is 5.61. The van der Waals surface area contributed by atoms with Gasteiger partial charge < -0.3 is 15.1 Å². The van der Waals surface area contributed by atoms with Gasteiger partial charge in [-0.15, -0.1) is 0 Å². The minimum Gasteiger partial charge on any atom is -0.376 e. The van der Waals surface area contributed by atoms with Crippen molar-refractivity contribution in [3.63, 3.8) is 0 Å². The van der Waals surface area contributed by atoms with Gasteiger partial charge in [-0.1, -0.05) is 36.7 Å². The lowest BCUT2D eigenvalue weighted by Crippen LogP contribution is -2.50. The normalized spacial score (nSPS) is 14.5. The molecule has 0 bridgehead atoms. The standard InChI is InChI=1S/C20H24ClN3O/c1-2-16-6-8-18(9-7-16)22-15-20(25)24-12-10-23(11-13-24)19-5-3-4-17(21)14-19/h3-9,14,22H,2,10-13,15H2,1H3. The smallest absolute Gasteiger partial charge is 0.241 e. The molecule has 132 valence electrons. The van der Waals surface area contributed by atoms with E-state index < -0.39 is 0 Å². The molecule has 1 saturated heterocycles. The molecule has 0 saturated carbocycles. The summed E-state index contributed by atoms with van der Waals surface area (Å²) in [5.41, 5.74) is 3.41. The molecule has 3 rings (SSSR count). The van der Waals surface area contributed by atoms with E-state index in [0.29, 0.717) is 6.54 Å². The van der Waals surface area contributed by atoms with Crippen molar-refractivity contribution in [1.82, 2.24) is 4.90 Å². The van der Waals surface area contributed by atoms with E-state index in [1.807, 2.05) is 35.2 Å². The van der Waals surface area contributed by atoms with E-state index in [-0.39, 0.29) is 5.91 Å². The number of aryl methyl sites for hydroxylation is 1. The van der Waals surface area contributed by atoms with Crippen LogP contribution in [0.3, 0.4) is 0 Å². The third-order valence-corrected chi connectivity index (χ3v) is 4.85. The molecule has 0 radical (unpaired) electrons. The molecule has 2 aromatic rings. The minimum atomic E-state index is 0.144. The Morgan fingerprint density at radius 1 is 1.08 bits per heavy atom. The van der Waals surface area contributed by atoms with Crippen molar-refractivity contribution in [2.24, 2.45) is 0 Å². The van der Waals surface area contributed by atoms with E-state index in [0.717, 1.165) is 49.0 Å². The molecule has 0 unspecified atom stereocenters. The number of piperazine rings is 1. The molecule has 1 aliphatic heterocycles. The Bertz CT molecular complexity index is 709. The van der Waals surface area contributed by atoms with E-state index in [4.69, 9.17) is 11.6 Å². The van der Waals surface area contributed by atoms with E-state index in [9.17, 15) is 4.79 Å². The van der Waals surface area contributed by atoms with Crippen LogP contribution < -0.4 is 10.2 Å². The van der Waals surface area contributed by atoms with Gasteiger partial charge >= 0.3 is 0 Å². The molecule has 0 atom stereocenters. The molecule has 1 fully saturated rings. The molecule has 25 heavy (non-hydrogen) atoms. The van der Waals surface area contributed by atoms with Crippen molar-refractivity contribution >= 4 is 28.9 Å². The van der Waals surface area contributed by atoms with E-state index in [2.05, 4.69) is 35.3 Å². The Morgan fingerprint density at radius 2 is 1.80 bits per heavy atom. The lowest BCUT2D eigenvalue weighted by Gasteiger charge is -2.36. The zero-order valence-electron chi connectivity index (χ0n) is 14.5. The van der Waals surface area contributed by atoms with Crippen LogP contribution in [-0.4, -0.2) is 43.5 Å². The molecule has 1 aliphatic rings. The number of hydrogen-bond donors (Lipinski definition) is 1. The van der Waals surface area contributed by atoms with Gasteiger partial charge in [0.1, 0.15) is 0 Å². The van der Waals surface area contributed by atoms with Crippen LogP contribution in [0.1, 0.15) is 12.5 Å². The lowest BCUT2D eigenvalue weighted by atomic mass is 10.1. The van der Waals surface area contributed by atoms with Gasteiger partial charge in [0.2, 0.25) is 5.91 Å². The topological polar surface area (TPSA) is 35.6 Å². The quantitative estimate of drug-likeness (QED) is 0.887. The summed E-state index contributed by atoms with van der Waals surface area (Å²) in [5.74, 6) is 0.144. The van der Waals surface area contributed by atoms with Crippen molar-refractivity contribution in [3.05, 3.63) is 59.1 Å². The first-order valence-electron chi connectivity index (χ1n) is 8.77. The summed E-state index contributed by atoms with van der Waals surface area (Å²) in [4.78, 5) is 16.6. The van der Waals surface area contributed by atoms with Gasteiger partial charge in [-0.3, -0.25) is 4.79 Å². The Kier molecular flexibility index (Phi) is 5.82. The largest absolute Gasteiger partial charge is 0.376 e. The van der Waals surface area contributed by atoms with Gasteiger partial charge in [0.25, 0.3) is 0 Å². The predicted molar refractivity (Wildman–Crippen MR) is 105 cm³/mol. The van der Waals surface area contributed by atoms with E-state index in [1.54, 1.807) is 0 Å². The second-order valence-corrected chi connectivity index (χ2v) is 6.69. The number of amides is 1. The van der Waals surface area contributed by atoms with Crippen molar-refractivity contribution in [2.45, 2.75) is 13.3 Å². The maximum absolute atomic E-state index is 12.4. The molecule has 4 nitrogen and oxygen atoms in total. The number of nitrogens with zero attached hydrogens (tertiary/aromatic N) is 2. The van der Waals surface area contributed by atoms with Crippen LogP contribution in [0.4, 0.5) is 11.4 Å². The predicted octanol–water partition coefficient (Wildman–Crippen LogP) is 3.66. The van der Waals surface area contributed by atoms with Gasteiger partial charge in [0.15, 0.2) is 0 Å². The average Bonchev–Trinajstić information content (AvgIpc) is 2.66. The van der Waals surface area contributed by atoms with Gasteiger partial charge in [-0.05, 0) is 42.3 Å². The van der Waals surface area contributed by atoms with Crippen LogP contribution in [0.15, 0.2) is 48.5 Å². The van der Waals surface area contributed by atoms with E-state index >= 15 is 0 Å². The first kappa shape index (κ1) is 17.6. The van der Waals surface area contributed by atoms with Crippen LogP contribution in [0.2, 0.25) is 5.02 Å². The maximum Gasteiger partial charge on any atom is 0.241 e.